The highest BCUT2D eigenvalue weighted by Gasteiger charge is 2.41. The van der Waals surface area contributed by atoms with Crippen LogP contribution in [0.25, 0.3) is 0 Å². The fraction of sp³-hybridized carbons (Fsp3) is 0.692. The number of rotatable bonds is 4. The number of nitrogens with one attached hydrogen (secondary N) is 3. The average molecular weight is 391 g/mol. The maximum atomic E-state index is 5.85. The molecule has 112 valence electrons. The molecule has 2 bridgehead atoms. The van der Waals surface area contributed by atoms with E-state index in [4.69, 9.17) is 4.74 Å². The van der Waals surface area contributed by atoms with Crippen LogP contribution < -0.4 is 10.6 Å². The van der Waals surface area contributed by atoms with E-state index < -0.39 is 0 Å². The van der Waals surface area contributed by atoms with Crippen LogP contribution in [0.15, 0.2) is 17.3 Å². The second kappa shape index (κ2) is 7.26. The summed E-state index contributed by atoms with van der Waals surface area (Å²) < 4.78 is 5.85. The van der Waals surface area contributed by atoms with Gasteiger partial charge in [0.2, 0.25) is 0 Å². The lowest BCUT2D eigenvalue weighted by molar-refractivity contribution is 0.0992. The van der Waals surface area contributed by atoms with Gasteiger partial charge in [-0.2, -0.15) is 5.10 Å². The van der Waals surface area contributed by atoms with Gasteiger partial charge in [-0.1, -0.05) is 0 Å². The summed E-state index contributed by atoms with van der Waals surface area (Å²) in [5.41, 5.74) is 1.02. The van der Waals surface area contributed by atoms with Gasteiger partial charge >= 0.3 is 0 Å². The highest BCUT2D eigenvalue weighted by molar-refractivity contribution is 14.0. The van der Waals surface area contributed by atoms with E-state index in [1.165, 1.54) is 12.8 Å². The first-order valence-electron chi connectivity index (χ1n) is 7.03. The Bertz CT molecular complexity index is 436. The van der Waals surface area contributed by atoms with Crippen LogP contribution in [-0.2, 0) is 11.3 Å². The fourth-order valence-corrected chi connectivity index (χ4v) is 2.82. The molecule has 2 saturated heterocycles. The average Bonchev–Trinajstić information content (AvgIpc) is 3.13. The molecule has 0 aromatic carbocycles. The van der Waals surface area contributed by atoms with Gasteiger partial charge in [-0.25, -0.2) is 4.99 Å². The number of guanidine groups is 1. The van der Waals surface area contributed by atoms with Gasteiger partial charge in [-0.15, -0.1) is 24.0 Å². The molecule has 0 radical (unpaired) electrons. The highest BCUT2D eigenvalue weighted by atomic mass is 127. The first-order chi connectivity index (χ1) is 9.35. The normalized spacial score (nSPS) is 28.2. The lowest BCUT2D eigenvalue weighted by Crippen LogP contribution is -2.47. The number of nitrogens with zero attached hydrogens (tertiary/aromatic N) is 2. The maximum absolute atomic E-state index is 5.85. The molecule has 3 unspecified atom stereocenters. The Morgan fingerprint density at radius 1 is 1.55 bits per heavy atom. The Hall–Kier alpha value is -0.830. The van der Waals surface area contributed by atoms with Gasteiger partial charge in [0.15, 0.2) is 5.96 Å². The number of aromatic amines is 1. The van der Waals surface area contributed by atoms with E-state index in [0.717, 1.165) is 24.6 Å². The van der Waals surface area contributed by atoms with E-state index in [-0.39, 0.29) is 24.0 Å². The Kier molecular flexibility index (Phi) is 5.64. The molecule has 2 aliphatic heterocycles. The monoisotopic (exact) mass is 391 g/mol. The summed E-state index contributed by atoms with van der Waals surface area (Å²) in [5, 5.41) is 13.6. The zero-order valence-corrected chi connectivity index (χ0v) is 14.0. The van der Waals surface area contributed by atoms with Crippen molar-refractivity contribution in [2.24, 2.45) is 4.99 Å². The van der Waals surface area contributed by atoms with Crippen molar-refractivity contribution >= 4 is 29.9 Å². The fourth-order valence-electron chi connectivity index (χ4n) is 2.82. The van der Waals surface area contributed by atoms with Crippen molar-refractivity contribution in [3.05, 3.63) is 18.0 Å². The molecule has 2 fully saturated rings. The summed E-state index contributed by atoms with van der Waals surface area (Å²) in [5.74, 6) is 0.859. The maximum Gasteiger partial charge on any atom is 0.191 e. The van der Waals surface area contributed by atoms with Gasteiger partial charge in [0.1, 0.15) is 0 Å². The summed E-state index contributed by atoms with van der Waals surface area (Å²) >= 11 is 0. The Morgan fingerprint density at radius 2 is 2.45 bits per heavy atom. The second-order valence-electron chi connectivity index (χ2n) is 5.14. The summed E-state index contributed by atoms with van der Waals surface area (Å²) in [6.07, 6.45) is 6.04. The second-order valence-corrected chi connectivity index (χ2v) is 5.14. The van der Waals surface area contributed by atoms with Crippen LogP contribution in [0, 0.1) is 0 Å². The largest absolute Gasteiger partial charge is 0.373 e. The minimum absolute atomic E-state index is 0. The molecule has 1 aromatic rings. The Labute approximate surface area is 136 Å². The van der Waals surface area contributed by atoms with Crippen molar-refractivity contribution in [2.75, 3.05) is 6.54 Å². The van der Waals surface area contributed by atoms with Crippen LogP contribution in [0.2, 0.25) is 0 Å². The molecule has 0 aliphatic carbocycles. The molecule has 3 heterocycles. The molecule has 2 aliphatic rings. The van der Waals surface area contributed by atoms with Crippen molar-refractivity contribution in [3.63, 3.8) is 0 Å². The number of hydrogen-bond acceptors (Lipinski definition) is 3. The van der Waals surface area contributed by atoms with Gasteiger partial charge in [-0.3, -0.25) is 5.10 Å². The van der Waals surface area contributed by atoms with Crippen LogP contribution >= 0.6 is 24.0 Å². The number of aromatic nitrogens is 2. The summed E-state index contributed by atoms with van der Waals surface area (Å²) in [6, 6.07) is 2.34. The first-order valence-corrected chi connectivity index (χ1v) is 7.03. The molecular weight excluding hydrogens is 369 g/mol. The van der Waals surface area contributed by atoms with Crippen LogP contribution in [0.4, 0.5) is 0 Å². The van der Waals surface area contributed by atoms with Crippen molar-refractivity contribution in [1.29, 1.82) is 0 Å². The molecule has 20 heavy (non-hydrogen) atoms. The molecule has 3 rings (SSSR count). The summed E-state index contributed by atoms with van der Waals surface area (Å²) in [6.45, 7) is 3.54. The van der Waals surface area contributed by atoms with Gasteiger partial charge < -0.3 is 15.4 Å². The lowest BCUT2D eigenvalue weighted by Gasteiger charge is -2.22. The van der Waals surface area contributed by atoms with E-state index >= 15 is 0 Å². The Balaban J connectivity index is 0.00000147. The number of fused-ring (bicyclic) bond motifs is 2. The summed E-state index contributed by atoms with van der Waals surface area (Å²) in [4.78, 5) is 4.57. The van der Waals surface area contributed by atoms with E-state index in [1.807, 2.05) is 6.07 Å². The third kappa shape index (κ3) is 3.63. The predicted octanol–water partition coefficient (Wildman–Crippen LogP) is 1.40. The molecule has 0 amide bonds. The predicted molar refractivity (Wildman–Crippen MR) is 88.3 cm³/mol. The zero-order chi connectivity index (χ0) is 13.1. The van der Waals surface area contributed by atoms with Crippen LogP contribution in [0.1, 0.15) is 31.9 Å². The quantitative estimate of drug-likeness (QED) is 0.412. The highest BCUT2D eigenvalue weighted by Crippen LogP contribution is 2.34. The minimum atomic E-state index is 0. The molecule has 1 aromatic heterocycles. The molecule has 6 nitrogen and oxygen atoms in total. The van der Waals surface area contributed by atoms with Gasteiger partial charge in [0.05, 0.1) is 30.5 Å². The van der Waals surface area contributed by atoms with Gasteiger partial charge in [0, 0.05) is 12.7 Å². The minimum Gasteiger partial charge on any atom is -0.373 e. The van der Waals surface area contributed by atoms with Crippen LogP contribution in [-0.4, -0.2) is 41.0 Å². The van der Waals surface area contributed by atoms with Crippen LogP contribution in [0.3, 0.4) is 0 Å². The molecule has 3 atom stereocenters. The van der Waals surface area contributed by atoms with Gasteiger partial charge in [0.25, 0.3) is 0 Å². The number of aliphatic imine (C=N–C) groups is 1. The molecule has 0 spiro atoms. The Morgan fingerprint density at radius 3 is 3.05 bits per heavy atom. The number of halogens is 1. The third-order valence-electron chi connectivity index (χ3n) is 3.74. The number of ether oxygens (including phenoxy) is 1. The third-order valence-corrected chi connectivity index (χ3v) is 3.74. The SMILES string of the molecule is CCNC(=NCc1ccn[nH]1)NC1CC2CCC1O2.I. The molecular formula is C13H22IN5O. The number of H-pyrrole nitrogens is 1. The molecule has 3 N–H and O–H groups in total. The number of hydrogen-bond donors (Lipinski definition) is 3. The summed E-state index contributed by atoms with van der Waals surface area (Å²) in [7, 11) is 0. The van der Waals surface area contributed by atoms with Gasteiger partial charge in [-0.05, 0) is 32.3 Å². The van der Waals surface area contributed by atoms with E-state index in [9.17, 15) is 0 Å². The van der Waals surface area contributed by atoms with Crippen LogP contribution in [0.5, 0.6) is 0 Å². The van der Waals surface area contributed by atoms with Crippen molar-refractivity contribution in [2.45, 2.75) is 51.0 Å². The smallest absolute Gasteiger partial charge is 0.191 e. The van der Waals surface area contributed by atoms with Crippen molar-refractivity contribution in [3.8, 4) is 0 Å². The van der Waals surface area contributed by atoms with E-state index in [1.54, 1.807) is 6.20 Å². The molecule has 7 heteroatoms. The van der Waals surface area contributed by atoms with E-state index in [2.05, 4.69) is 32.7 Å². The zero-order valence-electron chi connectivity index (χ0n) is 11.6. The standard InChI is InChI=1S/C13H21N5O.HI/c1-2-14-13(15-8-9-5-6-16-18-9)17-11-7-10-3-4-12(11)19-10;/h5-6,10-12H,2-4,7-8H2,1H3,(H,16,18)(H2,14,15,17);1H. The van der Waals surface area contributed by atoms with Crippen molar-refractivity contribution in [1.82, 2.24) is 20.8 Å². The first kappa shape index (κ1) is 15.6. The topological polar surface area (TPSA) is 74.3 Å². The van der Waals surface area contributed by atoms with E-state index in [0.29, 0.717) is 24.8 Å². The van der Waals surface area contributed by atoms with Crippen molar-refractivity contribution < 1.29 is 4.74 Å². The molecule has 0 saturated carbocycles. The lowest BCUT2D eigenvalue weighted by atomic mass is 9.96.